The molecule has 0 saturated heterocycles. The van der Waals surface area contributed by atoms with Crippen molar-refractivity contribution in [1.29, 1.82) is 5.26 Å². The zero-order valence-corrected chi connectivity index (χ0v) is 7.20. The van der Waals surface area contributed by atoms with Crippen LogP contribution in [0.2, 0.25) is 5.02 Å². The van der Waals surface area contributed by atoms with Crippen LogP contribution in [-0.2, 0) is 0 Å². The molecule has 0 radical (unpaired) electrons. The fraction of sp³-hybridized carbons (Fsp3) is 0. The first-order valence-corrected chi connectivity index (χ1v) is 3.64. The Balaban J connectivity index is 3.61. The molecule has 0 aliphatic heterocycles. The monoisotopic (exact) mass is 219 g/mol. The first-order valence-electron chi connectivity index (χ1n) is 3.26. The van der Waals surface area contributed by atoms with Gasteiger partial charge in [-0.25, -0.2) is 8.78 Å². The highest BCUT2D eigenvalue weighted by atomic mass is 35.5. The Bertz CT molecular complexity index is 453. The number of benzene rings is 1. The van der Waals surface area contributed by atoms with Gasteiger partial charge in [0.1, 0.15) is 11.6 Å². The van der Waals surface area contributed by atoms with Crippen molar-refractivity contribution >= 4 is 17.6 Å². The van der Waals surface area contributed by atoms with E-state index in [0.717, 1.165) is 0 Å². The molecule has 0 aliphatic carbocycles. The average molecular weight is 220 g/mol. The normalized spacial score (nSPS) is 9.64. The fourth-order valence-corrected chi connectivity index (χ4v) is 1.10. The van der Waals surface area contributed by atoms with Crippen molar-refractivity contribution in [2.45, 2.75) is 0 Å². The van der Waals surface area contributed by atoms with E-state index in [-0.39, 0.29) is 0 Å². The van der Waals surface area contributed by atoms with Crippen molar-refractivity contribution in [3.63, 3.8) is 0 Å². The lowest BCUT2D eigenvalue weighted by Gasteiger charge is -2.01. The van der Waals surface area contributed by atoms with E-state index in [1.807, 2.05) is 0 Å². The van der Waals surface area contributed by atoms with E-state index < -0.39 is 33.8 Å². The quantitative estimate of drug-likeness (QED) is 0.538. The highest BCUT2D eigenvalue weighted by Crippen LogP contribution is 2.26. The Morgan fingerprint density at radius 1 is 1.50 bits per heavy atom. The highest BCUT2D eigenvalue weighted by Gasteiger charge is 2.20. The summed E-state index contributed by atoms with van der Waals surface area (Å²) >= 11 is 5.29. The van der Waals surface area contributed by atoms with Gasteiger partial charge in [0.15, 0.2) is 11.6 Å². The van der Waals surface area contributed by atoms with Crippen LogP contribution < -0.4 is 0 Å². The van der Waals surface area contributed by atoms with Crippen LogP contribution in [0.25, 0.3) is 0 Å². The van der Waals surface area contributed by atoms with Gasteiger partial charge in [0, 0.05) is 0 Å². The number of nitrogens with zero attached hydrogens (tertiary/aromatic N) is 1. The maximum Gasteiger partial charge on any atom is 0.333 e. The molecule has 0 aromatic heterocycles. The topological polar surface area (TPSA) is 40.9 Å². The minimum atomic E-state index is -2.02. The van der Waals surface area contributed by atoms with Gasteiger partial charge in [0.2, 0.25) is 0 Å². The summed E-state index contributed by atoms with van der Waals surface area (Å²) in [5, 5.41) is 7.63. The number of nitriles is 1. The standard InChI is InChI=1S/C8HClF3NO/c9-6-3(8(12)14)1-5(10)7(11)4(6)2-13/h1H. The van der Waals surface area contributed by atoms with Gasteiger partial charge in [-0.05, 0) is 6.07 Å². The summed E-state index contributed by atoms with van der Waals surface area (Å²) in [5.41, 5.74) is -1.74. The van der Waals surface area contributed by atoms with Gasteiger partial charge in [0.25, 0.3) is 0 Å². The molecule has 0 heterocycles. The van der Waals surface area contributed by atoms with Crippen LogP contribution in [0.3, 0.4) is 0 Å². The van der Waals surface area contributed by atoms with Crippen molar-refractivity contribution in [1.82, 2.24) is 0 Å². The molecule has 0 bridgehead atoms. The number of hydrogen-bond acceptors (Lipinski definition) is 2. The Hall–Kier alpha value is -1.54. The SMILES string of the molecule is N#Cc1c(F)c(F)cc(C(=O)F)c1Cl. The van der Waals surface area contributed by atoms with Gasteiger partial charge in [-0.3, -0.25) is 4.79 Å². The Morgan fingerprint density at radius 3 is 2.50 bits per heavy atom. The average Bonchev–Trinajstić information content (AvgIpc) is 2.12. The zero-order chi connectivity index (χ0) is 10.9. The molecule has 0 N–H and O–H groups in total. The lowest BCUT2D eigenvalue weighted by Crippen LogP contribution is -2.00. The summed E-state index contributed by atoms with van der Waals surface area (Å²) in [6.07, 6.45) is 0. The zero-order valence-electron chi connectivity index (χ0n) is 6.44. The molecule has 1 rings (SSSR count). The third kappa shape index (κ3) is 1.56. The molecular formula is C8HClF3NO. The number of carbonyl (C=O) groups is 1. The van der Waals surface area contributed by atoms with Gasteiger partial charge in [-0.2, -0.15) is 9.65 Å². The summed E-state index contributed by atoms with van der Waals surface area (Å²) in [6, 6.07) is -0.483. The van der Waals surface area contributed by atoms with Crippen LogP contribution in [0.1, 0.15) is 15.9 Å². The summed E-state index contributed by atoms with van der Waals surface area (Å²) in [6.45, 7) is 0. The molecule has 6 heteroatoms. The lowest BCUT2D eigenvalue weighted by molar-refractivity contribution is 0.0835. The van der Waals surface area contributed by atoms with Crippen molar-refractivity contribution in [3.8, 4) is 6.07 Å². The van der Waals surface area contributed by atoms with E-state index in [9.17, 15) is 18.0 Å². The van der Waals surface area contributed by atoms with Crippen molar-refractivity contribution in [2.75, 3.05) is 0 Å². The molecular weight excluding hydrogens is 219 g/mol. The second-order valence-electron chi connectivity index (χ2n) is 2.29. The van der Waals surface area contributed by atoms with Crippen LogP contribution >= 0.6 is 11.6 Å². The largest absolute Gasteiger partial charge is 0.333 e. The van der Waals surface area contributed by atoms with Gasteiger partial charge in [-0.15, -0.1) is 0 Å². The summed E-state index contributed by atoms with van der Waals surface area (Å²) < 4.78 is 37.7. The predicted molar refractivity (Wildman–Crippen MR) is 41.5 cm³/mol. The fourth-order valence-electron chi connectivity index (χ4n) is 0.845. The molecule has 0 fully saturated rings. The Labute approximate surface area is 81.5 Å². The second kappa shape index (κ2) is 3.68. The maximum atomic E-state index is 12.8. The summed E-state index contributed by atoms with van der Waals surface area (Å²) in [7, 11) is 0. The van der Waals surface area contributed by atoms with E-state index >= 15 is 0 Å². The number of rotatable bonds is 1. The minimum absolute atomic E-state index is 0.306. The van der Waals surface area contributed by atoms with E-state index in [2.05, 4.69) is 0 Å². The van der Waals surface area contributed by atoms with Crippen molar-refractivity contribution in [2.24, 2.45) is 0 Å². The minimum Gasteiger partial charge on any atom is -0.255 e. The lowest BCUT2D eigenvalue weighted by atomic mass is 10.1. The summed E-state index contributed by atoms with van der Waals surface area (Å²) in [4.78, 5) is 10.2. The molecule has 2 nitrogen and oxygen atoms in total. The maximum absolute atomic E-state index is 12.8. The van der Waals surface area contributed by atoms with E-state index in [0.29, 0.717) is 6.07 Å². The third-order valence-corrected chi connectivity index (χ3v) is 1.87. The summed E-state index contributed by atoms with van der Waals surface area (Å²) in [5.74, 6) is -2.99. The Kier molecular flexibility index (Phi) is 2.77. The molecule has 1 aromatic carbocycles. The van der Waals surface area contributed by atoms with Crippen LogP contribution in [0.15, 0.2) is 6.07 Å². The van der Waals surface area contributed by atoms with Gasteiger partial charge < -0.3 is 0 Å². The number of hydrogen-bond donors (Lipinski definition) is 0. The van der Waals surface area contributed by atoms with E-state index in [4.69, 9.17) is 16.9 Å². The number of carbonyl (C=O) groups excluding carboxylic acids is 1. The van der Waals surface area contributed by atoms with Gasteiger partial charge >= 0.3 is 6.04 Å². The van der Waals surface area contributed by atoms with Crippen molar-refractivity contribution in [3.05, 3.63) is 33.9 Å². The Morgan fingerprint density at radius 2 is 2.07 bits per heavy atom. The second-order valence-corrected chi connectivity index (χ2v) is 2.67. The number of halogens is 4. The van der Waals surface area contributed by atoms with Gasteiger partial charge in [-0.1, -0.05) is 11.6 Å². The molecule has 0 spiro atoms. The van der Waals surface area contributed by atoms with Crippen LogP contribution in [0.4, 0.5) is 13.2 Å². The van der Waals surface area contributed by atoms with E-state index in [1.54, 1.807) is 0 Å². The van der Waals surface area contributed by atoms with Gasteiger partial charge in [0.05, 0.1) is 10.6 Å². The molecule has 14 heavy (non-hydrogen) atoms. The van der Waals surface area contributed by atoms with Crippen molar-refractivity contribution < 1.29 is 18.0 Å². The van der Waals surface area contributed by atoms with E-state index in [1.165, 1.54) is 6.07 Å². The highest BCUT2D eigenvalue weighted by molar-refractivity contribution is 6.34. The molecule has 0 saturated carbocycles. The van der Waals surface area contributed by atoms with Crippen LogP contribution in [0.5, 0.6) is 0 Å². The van der Waals surface area contributed by atoms with Crippen LogP contribution in [0, 0.1) is 23.0 Å². The molecule has 0 amide bonds. The molecule has 0 aliphatic rings. The molecule has 0 atom stereocenters. The molecule has 1 aromatic rings. The van der Waals surface area contributed by atoms with Crippen LogP contribution in [-0.4, -0.2) is 6.04 Å². The molecule has 0 unspecified atom stereocenters. The molecule has 72 valence electrons. The first kappa shape index (κ1) is 10.5. The smallest absolute Gasteiger partial charge is 0.255 e. The first-order chi connectivity index (χ1) is 6.49. The third-order valence-electron chi connectivity index (χ3n) is 1.48. The predicted octanol–water partition coefficient (Wildman–Crippen LogP) is 2.60.